The molecule has 1 aromatic carbocycles. The summed E-state index contributed by atoms with van der Waals surface area (Å²) in [4.78, 5) is 3.00. The van der Waals surface area contributed by atoms with Crippen LogP contribution in [0.15, 0.2) is 24.4 Å². The Kier molecular flexibility index (Phi) is 5.12. The van der Waals surface area contributed by atoms with Crippen LogP contribution in [0.2, 0.25) is 0 Å². The lowest BCUT2D eigenvalue weighted by atomic mass is 10.2. The molecule has 120 valence electrons. The lowest BCUT2D eigenvalue weighted by molar-refractivity contribution is -0.134. The molecule has 0 aliphatic heterocycles. The van der Waals surface area contributed by atoms with Gasteiger partial charge in [-0.2, -0.15) is 13.2 Å². The highest BCUT2D eigenvalue weighted by atomic mass is 32.1. The second kappa shape index (κ2) is 6.87. The summed E-state index contributed by atoms with van der Waals surface area (Å²) in [6.07, 6.45) is -3.54. The van der Waals surface area contributed by atoms with Crippen LogP contribution in [0.5, 0.6) is 11.5 Å². The third-order valence-electron chi connectivity index (χ3n) is 2.76. The number of nitrogens with one attached hydrogen (secondary N) is 1. The third-order valence-corrected chi connectivity index (χ3v) is 3.76. The molecule has 0 spiro atoms. The van der Waals surface area contributed by atoms with Crippen LogP contribution in [0.25, 0.3) is 0 Å². The van der Waals surface area contributed by atoms with Gasteiger partial charge in [0, 0.05) is 6.54 Å². The van der Waals surface area contributed by atoms with Gasteiger partial charge in [-0.3, -0.25) is 0 Å². The Labute approximate surface area is 129 Å². The molecule has 1 N–H and O–H groups in total. The molecule has 0 saturated heterocycles. The summed E-state index contributed by atoms with van der Waals surface area (Å²) in [6.45, 7) is 2.73. The van der Waals surface area contributed by atoms with Gasteiger partial charge in [-0.1, -0.05) is 17.4 Å². The van der Waals surface area contributed by atoms with Crippen LogP contribution in [-0.4, -0.2) is 18.7 Å². The first kappa shape index (κ1) is 16.4. The molecule has 0 unspecified atom stereocenters. The van der Waals surface area contributed by atoms with E-state index >= 15 is 0 Å². The monoisotopic (exact) mass is 332 g/mol. The van der Waals surface area contributed by atoms with Crippen molar-refractivity contribution in [2.75, 3.05) is 19.0 Å². The first-order valence-electron chi connectivity index (χ1n) is 6.50. The van der Waals surface area contributed by atoms with Crippen molar-refractivity contribution in [3.63, 3.8) is 0 Å². The molecule has 2 aromatic rings. The Morgan fingerprint density at radius 1 is 1.27 bits per heavy atom. The summed E-state index contributed by atoms with van der Waals surface area (Å²) in [7, 11) is 1.53. The minimum Gasteiger partial charge on any atom is -0.493 e. The van der Waals surface area contributed by atoms with Crippen LogP contribution < -0.4 is 14.8 Å². The molecule has 1 heterocycles. The number of thiazole rings is 1. The number of benzene rings is 1. The van der Waals surface area contributed by atoms with Crippen molar-refractivity contribution < 1.29 is 22.6 Å². The first-order chi connectivity index (χ1) is 10.4. The van der Waals surface area contributed by atoms with Crippen molar-refractivity contribution in [3.05, 3.63) is 34.8 Å². The molecule has 8 heteroatoms. The van der Waals surface area contributed by atoms with Gasteiger partial charge in [0.15, 0.2) is 16.6 Å². The Bertz CT molecular complexity index is 629. The lowest BCUT2D eigenvalue weighted by Crippen LogP contribution is -2.01. The summed E-state index contributed by atoms with van der Waals surface area (Å²) in [5.41, 5.74) is 0.851. The van der Waals surface area contributed by atoms with E-state index < -0.39 is 11.1 Å². The van der Waals surface area contributed by atoms with Gasteiger partial charge >= 0.3 is 6.18 Å². The number of nitrogens with zero attached hydrogens (tertiary/aromatic N) is 1. The highest BCUT2D eigenvalue weighted by molar-refractivity contribution is 7.15. The Morgan fingerprint density at radius 3 is 2.64 bits per heavy atom. The van der Waals surface area contributed by atoms with Crippen molar-refractivity contribution in [3.8, 4) is 11.5 Å². The van der Waals surface area contributed by atoms with Gasteiger partial charge in [-0.25, -0.2) is 4.98 Å². The predicted octanol–water partition coefficient (Wildman–Crippen LogP) is 4.18. The molecule has 0 amide bonds. The zero-order valence-electron chi connectivity index (χ0n) is 12.0. The molecule has 0 aliphatic rings. The van der Waals surface area contributed by atoms with Crippen LogP contribution in [0.4, 0.5) is 18.3 Å². The average molecular weight is 332 g/mol. The van der Waals surface area contributed by atoms with Crippen molar-refractivity contribution in [2.24, 2.45) is 0 Å². The number of alkyl halides is 3. The topological polar surface area (TPSA) is 43.4 Å². The van der Waals surface area contributed by atoms with E-state index in [1.807, 2.05) is 13.0 Å². The average Bonchev–Trinajstić information content (AvgIpc) is 2.95. The van der Waals surface area contributed by atoms with Crippen molar-refractivity contribution in [1.29, 1.82) is 0 Å². The molecule has 1 aromatic heterocycles. The first-order valence-corrected chi connectivity index (χ1v) is 7.32. The second-order valence-corrected chi connectivity index (χ2v) is 5.33. The van der Waals surface area contributed by atoms with Gasteiger partial charge in [0.05, 0.1) is 19.9 Å². The quantitative estimate of drug-likeness (QED) is 0.862. The lowest BCUT2D eigenvalue weighted by Gasteiger charge is -2.11. The molecule has 0 atom stereocenters. The number of ether oxygens (including phenoxy) is 2. The summed E-state index contributed by atoms with van der Waals surface area (Å²) < 4.78 is 48.1. The fourth-order valence-corrected chi connectivity index (χ4v) is 2.44. The minimum atomic E-state index is -4.36. The third kappa shape index (κ3) is 4.03. The number of aromatic nitrogens is 1. The van der Waals surface area contributed by atoms with Crippen LogP contribution in [-0.2, 0) is 12.7 Å². The Hall–Kier alpha value is -1.96. The van der Waals surface area contributed by atoms with E-state index in [0.717, 1.165) is 11.8 Å². The molecule has 2 rings (SSSR count). The van der Waals surface area contributed by atoms with Crippen molar-refractivity contribution >= 4 is 16.5 Å². The van der Waals surface area contributed by atoms with E-state index in [1.54, 1.807) is 12.1 Å². The molecular weight excluding hydrogens is 317 g/mol. The predicted molar refractivity (Wildman–Crippen MR) is 78.6 cm³/mol. The minimum absolute atomic E-state index is 0.222. The zero-order valence-corrected chi connectivity index (χ0v) is 12.8. The van der Waals surface area contributed by atoms with Crippen molar-refractivity contribution in [2.45, 2.75) is 19.6 Å². The van der Waals surface area contributed by atoms with Gasteiger partial charge in [-0.15, -0.1) is 0 Å². The van der Waals surface area contributed by atoms with E-state index in [1.165, 1.54) is 7.11 Å². The van der Waals surface area contributed by atoms with Crippen molar-refractivity contribution in [1.82, 2.24) is 4.98 Å². The van der Waals surface area contributed by atoms with Gasteiger partial charge in [0.2, 0.25) is 0 Å². The van der Waals surface area contributed by atoms with E-state index in [4.69, 9.17) is 9.47 Å². The van der Waals surface area contributed by atoms with E-state index in [9.17, 15) is 13.2 Å². The maximum Gasteiger partial charge on any atom is 0.427 e. The van der Waals surface area contributed by atoms with Crippen LogP contribution in [0.3, 0.4) is 0 Å². The maximum atomic E-state index is 12.5. The number of halogens is 3. The highest BCUT2D eigenvalue weighted by Gasteiger charge is 2.33. The molecule has 0 aliphatic carbocycles. The Morgan fingerprint density at radius 2 is 2.05 bits per heavy atom. The second-order valence-electron chi connectivity index (χ2n) is 4.30. The molecule has 0 saturated carbocycles. The number of methoxy groups -OCH3 is 1. The number of rotatable bonds is 6. The van der Waals surface area contributed by atoms with E-state index in [-0.39, 0.29) is 5.13 Å². The SMILES string of the molecule is CCOc1ccc(CNc2ncc(C(F)(F)F)s2)cc1OC. The zero-order chi connectivity index (χ0) is 16.2. The summed E-state index contributed by atoms with van der Waals surface area (Å²) >= 11 is 0.577. The smallest absolute Gasteiger partial charge is 0.427 e. The molecule has 0 fully saturated rings. The summed E-state index contributed by atoms with van der Waals surface area (Å²) in [5, 5.41) is 3.09. The van der Waals surface area contributed by atoms with Gasteiger partial charge in [-0.05, 0) is 24.6 Å². The number of hydrogen-bond donors (Lipinski definition) is 1. The maximum absolute atomic E-state index is 12.5. The van der Waals surface area contributed by atoms with Crippen LogP contribution in [0, 0.1) is 0 Å². The molecule has 4 nitrogen and oxygen atoms in total. The van der Waals surface area contributed by atoms with Gasteiger partial charge in [0.1, 0.15) is 4.88 Å². The summed E-state index contributed by atoms with van der Waals surface area (Å²) in [6, 6.07) is 5.36. The standard InChI is InChI=1S/C14H15F3N2O2S/c1-3-21-10-5-4-9(6-11(10)20-2)7-18-13-19-8-12(22-13)14(15,16)17/h4-6,8H,3,7H2,1-2H3,(H,18,19). The summed E-state index contributed by atoms with van der Waals surface area (Å²) in [5.74, 6) is 1.21. The van der Waals surface area contributed by atoms with E-state index in [2.05, 4.69) is 10.3 Å². The Balaban J connectivity index is 2.04. The molecule has 22 heavy (non-hydrogen) atoms. The molecular formula is C14H15F3N2O2S. The fraction of sp³-hybridized carbons (Fsp3) is 0.357. The number of anilines is 1. The van der Waals surface area contributed by atoms with Crippen LogP contribution in [0.1, 0.15) is 17.4 Å². The molecule has 0 radical (unpaired) electrons. The van der Waals surface area contributed by atoms with E-state index in [0.29, 0.717) is 36.0 Å². The van der Waals surface area contributed by atoms with Gasteiger partial charge < -0.3 is 14.8 Å². The number of hydrogen-bond acceptors (Lipinski definition) is 5. The largest absolute Gasteiger partial charge is 0.493 e. The normalized spacial score (nSPS) is 11.3. The van der Waals surface area contributed by atoms with Crippen LogP contribution >= 0.6 is 11.3 Å². The highest BCUT2D eigenvalue weighted by Crippen LogP contribution is 2.35. The fourth-order valence-electron chi connectivity index (χ4n) is 1.76. The molecule has 0 bridgehead atoms. The van der Waals surface area contributed by atoms with Gasteiger partial charge in [0.25, 0.3) is 0 Å².